The molecule has 2 atom stereocenters. The molecule has 6 heteroatoms. The van der Waals surface area contributed by atoms with Gasteiger partial charge in [0.15, 0.2) is 0 Å². The minimum absolute atomic E-state index is 0.00721. The van der Waals surface area contributed by atoms with Gasteiger partial charge in [0, 0.05) is 36.4 Å². The lowest BCUT2D eigenvalue weighted by Crippen LogP contribution is -2.34. The van der Waals surface area contributed by atoms with Crippen molar-refractivity contribution in [2.45, 2.75) is 31.7 Å². The Morgan fingerprint density at radius 2 is 2.05 bits per heavy atom. The number of nitrogens with zero attached hydrogens (tertiary/aromatic N) is 1. The van der Waals surface area contributed by atoms with Gasteiger partial charge in [0.1, 0.15) is 0 Å². The van der Waals surface area contributed by atoms with Gasteiger partial charge in [-0.3, -0.25) is 9.69 Å². The molecule has 1 saturated heterocycles. The van der Waals surface area contributed by atoms with E-state index >= 15 is 0 Å². The van der Waals surface area contributed by atoms with E-state index in [4.69, 9.17) is 5.73 Å². The summed E-state index contributed by atoms with van der Waals surface area (Å²) in [6, 6.07) is 7.44. The molecule has 0 aromatic heterocycles. The monoisotopic (exact) mass is 302 g/mol. The molecule has 1 aliphatic carbocycles. The number of carbonyl (C=O) groups is 2. The fourth-order valence-electron chi connectivity index (χ4n) is 3.15. The number of benzene rings is 1. The number of nitrogens with two attached hydrogens (primary N) is 1. The third-order valence-corrected chi connectivity index (χ3v) is 4.39. The Hall–Kier alpha value is -2.08. The van der Waals surface area contributed by atoms with Crippen LogP contribution < -0.4 is 21.3 Å². The largest absolute Gasteiger partial charge is 0.336 e. The van der Waals surface area contributed by atoms with Gasteiger partial charge in [-0.15, -0.1) is 0 Å². The summed E-state index contributed by atoms with van der Waals surface area (Å²) >= 11 is 0. The van der Waals surface area contributed by atoms with E-state index in [9.17, 15) is 9.59 Å². The maximum atomic E-state index is 12.3. The van der Waals surface area contributed by atoms with Gasteiger partial charge in [-0.2, -0.15) is 0 Å². The van der Waals surface area contributed by atoms with E-state index in [-0.39, 0.29) is 23.9 Å². The average molecular weight is 302 g/mol. The van der Waals surface area contributed by atoms with Crippen LogP contribution in [0.5, 0.6) is 0 Å². The van der Waals surface area contributed by atoms with E-state index in [0.717, 1.165) is 37.1 Å². The predicted octanol–water partition coefficient (Wildman–Crippen LogP) is 1.67. The van der Waals surface area contributed by atoms with Crippen molar-refractivity contribution in [1.82, 2.24) is 5.32 Å². The molecular formula is C16H22N4O2. The highest BCUT2D eigenvalue weighted by Crippen LogP contribution is 2.25. The highest BCUT2D eigenvalue weighted by Gasteiger charge is 2.25. The molecule has 0 spiro atoms. The molecule has 1 saturated carbocycles. The summed E-state index contributed by atoms with van der Waals surface area (Å²) in [4.78, 5) is 25.6. The zero-order valence-corrected chi connectivity index (χ0v) is 12.5. The molecule has 1 aromatic rings. The Morgan fingerprint density at radius 1 is 1.27 bits per heavy atom. The smallest absolute Gasteiger partial charge is 0.321 e. The molecule has 1 aliphatic heterocycles. The minimum Gasteiger partial charge on any atom is -0.336 e. The van der Waals surface area contributed by atoms with Crippen LogP contribution in [0.4, 0.5) is 16.2 Å². The summed E-state index contributed by atoms with van der Waals surface area (Å²) in [5.74, 6) is 0.0506. The second-order valence-electron chi connectivity index (χ2n) is 6.04. The molecule has 0 bridgehead atoms. The maximum Gasteiger partial charge on any atom is 0.321 e. The predicted molar refractivity (Wildman–Crippen MR) is 85.7 cm³/mol. The standard InChI is InChI=1S/C16H22N4O2/c17-12-3-1-2-11(10-12)15(21)19-13-4-6-14(7-5-13)20-9-8-18-16(20)22/h4-7,11-12H,1-3,8-10,17H2,(H,18,22)(H,19,21). The van der Waals surface area contributed by atoms with Crippen molar-refractivity contribution >= 4 is 23.3 Å². The summed E-state index contributed by atoms with van der Waals surface area (Å²) in [7, 11) is 0. The topological polar surface area (TPSA) is 87.5 Å². The van der Waals surface area contributed by atoms with E-state index in [1.165, 1.54) is 0 Å². The lowest BCUT2D eigenvalue weighted by Gasteiger charge is -2.25. The van der Waals surface area contributed by atoms with Gasteiger partial charge in [-0.25, -0.2) is 4.79 Å². The lowest BCUT2D eigenvalue weighted by atomic mass is 9.85. The Bertz CT molecular complexity index is 558. The fourth-order valence-corrected chi connectivity index (χ4v) is 3.15. The first-order valence-electron chi connectivity index (χ1n) is 7.85. The number of urea groups is 1. The van der Waals surface area contributed by atoms with E-state index in [1.807, 2.05) is 24.3 Å². The molecule has 3 amide bonds. The van der Waals surface area contributed by atoms with E-state index < -0.39 is 0 Å². The molecule has 6 nitrogen and oxygen atoms in total. The van der Waals surface area contributed by atoms with Gasteiger partial charge in [0.2, 0.25) is 5.91 Å². The van der Waals surface area contributed by atoms with Crippen molar-refractivity contribution in [2.24, 2.45) is 11.7 Å². The molecule has 118 valence electrons. The molecule has 1 aromatic carbocycles. The van der Waals surface area contributed by atoms with Crippen LogP contribution in [0.3, 0.4) is 0 Å². The molecular weight excluding hydrogens is 280 g/mol. The van der Waals surface area contributed by atoms with Crippen molar-refractivity contribution in [3.8, 4) is 0 Å². The van der Waals surface area contributed by atoms with Crippen LogP contribution in [-0.2, 0) is 4.79 Å². The summed E-state index contributed by atoms with van der Waals surface area (Å²) in [6.07, 6.45) is 3.70. The zero-order chi connectivity index (χ0) is 15.5. The molecule has 2 aliphatic rings. The van der Waals surface area contributed by atoms with Crippen LogP contribution in [0.2, 0.25) is 0 Å². The van der Waals surface area contributed by atoms with Crippen molar-refractivity contribution in [1.29, 1.82) is 0 Å². The SMILES string of the molecule is NC1CCCC(C(=O)Nc2ccc(N3CCNC3=O)cc2)C1. The second-order valence-corrected chi connectivity index (χ2v) is 6.04. The second kappa shape index (κ2) is 6.36. The molecule has 0 radical (unpaired) electrons. The third-order valence-electron chi connectivity index (χ3n) is 4.39. The molecule has 2 fully saturated rings. The van der Waals surface area contributed by atoms with Gasteiger partial charge in [-0.1, -0.05) is 6.42 Å². The first-order chi connectivity index (χ1) is 10.6. The highest BCUT2D eigenvalue weighted by molar-refractivity contribution is 5.95. The van der Waals surface area contributed by atoms with Crippen LogP contribution >= 0.6 is 0 Å². The highest BCUT2D eigenvalue weighted by atomic mass is 16.2. The fraction of sp³-hybridized carbons (Fsp3) is 0.500. The Kier molecular flexibility index (Phi) is 4.29. The molecule has 4 N–H and O–H groups in total. The Balaban J connectivity index is 1.61. The first kappa shape index (κ1) is 14.8. The number of hydrogen-bond donors (Lipinski definition) is 3. The van der Waals surface area contributed by atoms with Crippen LogP contribution in [0.15, 0.2) is 24.3 Å². The minimum atomic E-state index is -0.0759. The van der Waals surface area contributed by atoms with E-state index in [2.05, 4.69) is 10.6 Å². The molecule has 3 rings (SSSR count). The molecule has 1 heterocycles. The van der Waals surface area contributed by atoms with Crippen molar-refractivity contribution in [2.75, 3.05) is 23.3 Å². The van der Waals surface area contributed by atoms with Crippen molar-refractivity contribution in [3.63, 3.8) is 0 Å². The number of nitrogens with one attached hydrogen (secondary N) is 2. The van der Waals surface area contributed by atoms with Gasteiger partial charge in [-0.05, 0) is 43.5 Å². The van der Waals surface area contributed by atoms with Crippen LogP contribution in [0, 0.1) is 5.92 Å². The van der Waals surface area contributed by atoms with Gasteiger partial charge >= 0.3 is 6.03 Å². The summed E-state index contributed by atoms with van der Waals surface area (Å²) in [5.41, 5.74) is 7.53. The Morgan fingerprint density at radius 3 is 2.68 bits per heavy atom. The van der Waals surface area contributed by atoms with Crippen LogP contribution in [0.25, 0.3) is 0 Å². The number of hydrogen-bond acceptors (Lipinski definition) is 3. The molecule has 22 heavy (non-hydrogen) atoms. The van der Waals surface area contributed by atoms with E-state index in [1.54, 1.807) is 4.90 Å². The summed E-state index contributed by atoms with van der Waals surface area (Å²) < 4.78 is 0. The first-order valence-corrected chi connectivity index (χ1v) is 7.85. The van der Waals surface area contributed by atoms with Gasteiger partial charge < -0.3 is 16.4 Å². The lowest BCUT2D eigenvalue weighted by molar-refractivity contribution is -0.120. The normalized spacial score (nSPS) is 25.0. The average Bonchev–Trinajstić information content (AvgIpc) is 2.94. The number of anilines is 2. The number of rotatable bonds is 3. The summed E-state index contributed by atoms with van der Waals surface area (Å²) in [6.45, 7) is 1.34. The van der Waals surface area contributed by atoms with Gasteiger partial charge in [0.05, 0.1) is 0 Å². The van der Waals surface area contributed by atoms with Crippen molar-refractivity contribution in [3.05, 3.63) is 24.3 Å². The quantitative estimate of drug-likeness (QED) is 0.793. The van der Waals surface area contributed by atoms with Crippen LogP contribution in [0.1, 0.15) is 25.7 Å². The maximum absolute atomic E-state index is 12.3. The molecule has 2 unspecified atom stereocenters. The number of carbonyl (C=O) groups excluding carboxylic acids is 2. The number of amides is 3. The zero-order valence-electron chi connectivity index (χ0n) is 12.5. The van der Waals surface area contributed by atoms with Crippen LogP contribution in [-0.4, -0.2) is 31.1 Å². The Labute approximate surface area is 130 Å². The van der Waals surface area contributed by atoms with Crippen molar-refractivity contribution < 1.29 is 9.59 Å². The van der Waals surface area contributed by atoms with Gasteiger partial charge in [0.25, 0.3) is 0 Å². The van der Waals surface area contributed by atoms with E-state index in [0.29, 0.717) is 13.1 Å². The third kappa shape index (κ3) is 3.22. The summed E-state index contributed by atoms with van der Waals surface area (Å²) in [5, 5.41) is 5.72.